The number of aromatic nitrogens is 1. The minimum absolute atomic E-state index is 0.0151. The average Bonchev–Trinajstić information content (AvgIpc) is 3.72. The lowest BCUT2D eigenvalue weighted by atomic mass is 9.99. The Morgan fingerprint density at radius 1 is 0.632 bits per heavy atom. The van der Waals surface area contributed by atoms with Gasteiger partial charge in [-0.05, 0) is 39.4 Å². The quantitative estimate of drug-likeness (QED) is 0.100. The molecular weight excluding hydrogens is 731 g/mol. The van der Waals surface area contributed by atoms with Gasteiger partial charge >= 0.3 is 6.03 Å². The average molecular weight is 774 g/mol. The zero-order valence-electron chi connectivity index (χ0n) is 31.3. The van der Waals surface area contributed by atoms with Crippen LogP contribution in [-0.2, 0) is 29.2 Å². The number of aliphatic hydroxyl groups is 1. The van der Waals surface area contributed by atoms with E-state index < -0.39 is 6.29 Å². The van der Waals surface area contributed by atoms with Gasteiger partial charge in [0.15, 0.2) is 12.1 Å². The van der Waals surface area contributed by atoms with Crippen LogP contribution in [0.25, 0.3) is 33.7 Å². The van der Waals surface area contributed by atoms with Gasteiger partial charge in [-0.15, -0.1) is 0 Å². The van der Waals surface area contributed by atoms with Gasteiger partial charge in [0.1, 0.15) is 5.69 Å². The van der Waals surface area contributed by atoms with Crippen molar-refractivity contribution in [2.24, 2.45) is 0 Å². The standard InChI is InChI=1S/C48H43N3O5S/c52-31-34-19-21-37(22-20-34)43-28-42(32-57-48-51-44(38-14-6-2-7-15-38)45(56-48)39-16-8-3-9-17-39)54-46(55-43)40-25-23-36(24-26-40)41-18-10-13-35(27-41)30-50-47(53)49-29-33-11-4-1-5-12-33/h1-27,42-43,46,52H,28-32H2,(H2,49,50,53). The second kappa shape index (κ2) is 18.3. The molecular formula is C48H43N3O5S. The van der Waals surface area contributed by atoms with Crippen LogP contribution in [0.3, 0.4) is 0 Å². The molecule has 57 heavy (non-hydrogen) atoms. The number of carbonyl (C=O) groups is 1. The first-order valence-corrected chi connectivity index (χ1v) is 20.1. The van der Waals surface area contributed by atoms with Gasteiger partial charge in [0.2, 0.25) is 0 Å². The van der Waals surface area contributed by atoms with Crippen molar-refractivity contribution in [2.45, 2.75) is 49.8 Å². The number of oxazole rings is 1. The van der Waals surface area contributed by atoms with E-state index in [2.05, 4.69) is 47.0 Å². The van der Waals surface area contributed by atoms with E-state index in [0.717, 1.165) is 61.5 Å². The maximum atomic E-state index is 12.5. The third-order valence-electron chi connectivity index (χ3n) is 9.89. The van der Waals surface area contributed by atoms with E-state index in [4.69, 9.17) is 18.9 Å². The monoisotopic (exact) mass is 773 g/mol. The maximum absolute atomic E-state index is 12.5. The number of carbonyl (C=O) groups excluding carboxylic acids is 1. The van der Waals surface area contributed by atoms with Crippen molar-refractivity contribution in [1.82, 2.24) is 15.6 Å². The predicted octanol–water partition coefficient (Wildman–Crippen LogP) is 10.5. The van der Waals surface area contributed by atoms with Crippen molar-refractivity contribution in [1.29, 1.82) is 0 Å². The van der Waals surface area contributed by atoms with Gasteiger partial charge in [0.25, 0.3) is 5.22 Å². The van der Waals surface area contributed by atoms with E-state index in [1.165, 1.54) is 11.8 Å². The topological polar surface area (TPSA) is 106 Å². The van der Waals surface area contributed by atoms with Crippen LogP contribution < -0.4 is 10.6 Å². The fourth-order valence-corrected chi connectivity index (χ4v) is 7.68. The highest BCUT2D eigenvalue weighted by atomic mass is 32.2. The summed E-state index contributed by atoms with van der Waals surface area (Å²) in [5.74, 6) is 1.35. The first-order valence-electron chi connectivity index (χ1n) is 19.1. The number of hydrogen-bond acceptors (Lipinski definition) is 7. The van der Waals surface area contributed by atoms with Gasteiger partial charge in [0, 0.05) is 42.0 Å². The lowest BCUT2D eigenvalue weighted by Crippen LogP contribution is -2.34. The van der Waals surface area contributed by atoms with E-state index in [1.807, 2.05) is 127 Å². The molecule has 9 heteroatoms. The second-order valence-corrected chi connectivity index (χ2v) is 14.9. The first kappa shape index (κ1) is 37.9. The minimum atomic E-state index is -0.602. The van der Waals surface area contributed by atoms with Crippen LogP contribution in [0.1, 0.15) is 46.6 Å². The van der Waals surface area contributed by atoms with Crippen molar-refractivity contribution in [3.05, 3.63) is 192 Å². The highest BCUT2D eigenvalue weighted by Crippen LogP contribution is 2.41. The zero-order valence-corrected chi connectivity index (χ0v) is 32.1. The zero-order chi connectivity index (χ0) is 38.8. The summed E-state index contributed by atoms with van der Waals surface area (Å²) in [5.41, 5.74) is 9.69. The lowest BCUT2D eigenvalue weighted by Gasteiger charge is -2.36. The molecule has 8 nitrogen and oxygen atoms in total. The van der Waals surface area contributed by atoms with Crippen LogP contribution in [-0.4, -0.2) is 28.0 Å². The molecule has 7 aromatic rings. The molecule has 2 amide bonds. The molecule has 1 aliphatic rings. The van der Waals surface area contributed by atoms with Crippen molar-refractivity contribution >= 4 is 17.8 Å². The molecule has 3 unspecified atom stereocenters. The molecule has 8 rings (SSSR count). The van der Waals surface area contributed by atoms with E-state index in [0.29, 0.717) is 30.5 Å². The summed E-state index contributed by atoms with van der Waals surface area (Å²) < 4.78 is 19.7. The number of nitrogens with zero attached hydrogens (tertiary/aromatic N) is 1. The Morgan fingerprint density at radius 2 is 1.25 bits per heavy atom. The van der Waals surface area contributed by atoms with Gasteiger partial charge in [-0.2, -0.15) is 0 Å². The molecule has 0 radical (unpaired) electrons. The van der Waals surface area contributed by atoms with Crippen LogP contribution in [0, 0.1) is 0 Å². The predicted molar refractivity (Wildman–Crippen MR) is 224 cm³/mol. The normalized spacial score (nSPS) is 16.5. The minimum Gasteiger partial charge on any atom is -0.431 e. The Balaban J connectivity index is 0.965. The fraction of sp³-hybridized carbons (Fsp3) is 0.167. The molecule has 3 atom stereocenters. The van der Waals surface area contributed by atoms with E-state index in [-0.39, 0.29) is 24.8 Å². The number of nitrogens with one attached hydrogen (secondary N) is 2. The molecule has 0 aliphatic carbocycles. The molecule has 286 valence electrons. The summed E-state index contributed by atoms with van der Waals surface area (Å²) in [6.45, 7) is 0.861. The van der Waals surface area contributed by atoms with E-state index >= 15 is 0 Å². The van der Waals surface area contributed by atoms with Gasteiger partial charge in [-0.1, -0.05) is 169 Å². The summed E-state index contributed by atoms with van der Waals surface area (Å²) in [4.78, 5) is 17.4. The van der Waals surface area contributed by atoms with Gasteiger partial charge < -0.3 is 29.6 Å². The number of ether oxygens (including phenoxy) is 2. The second-order valence-electron chi connectivity index (χ2n) is 13.9. The van der Waals surface area contributed by atoms with Crippen molar-refractivity contribution in [3.8, 4) is 33.7 Å². The van der Waals surface area contributed by atoms with E-state index in [1.54, 1.807) is 0 Å². The van der Waals surface area contributed by atoms with Crippen LogP contribution >= 0.6 is 11.8 Å². The third kappa shape index (κ3) is 9.71. The molecule has 6 aromatic carbocycles. The molecule has 1 aromatic heterocycles. The van der Waals surface area contributed by atoms with Crippen LogP contribution in [0.2, 0.25) is 0 Å². The summed E-state index contributed by atoms with van der Waals surface area (Å²) in [7, 11) is 0. The summed E-state index contributed by atoms with van der Waals surface area (Å²) in [6.07, 6.45) is -0.351. The first-order chi connectivity index (χ1) is 28.1. The number of hydrogen-bond donors (Lipinski definition) is 3. The highest BCUT2D eigenvalue weighted by molar-refractivity contribution is 7.99. The van der Waals surface area contributed by atoms with Crippen LogP contribution in [0.4, 0.5) is 4.79 Å². The molecule has 0 bridgehead atoms. The van der Waals surface area contributed by atoms with E-state index in [9.17, 15) is 9.90 Å². The van der Waals surface area contributed by atoms with Crippen molar-refractivity contribution < 1.29 is 23.8 Å². The Morgan fingerprint density at radius 3 is 1.95 bits per heavy atom. The SMILES string of the molecule is O=C(NCc1ccccc1)NCc1cccc(-c2ccc(C3OC(CSc4nc(-c5ccccc5)c(-c5ccccc5)o4)CC(c4ccc(CO)cc4)O3)cc2)c1. The Kier molecular flexibility index (Phi) is 12.2. The van der Waals surface area contributed by atoms with Crippen LogP contribution in [0.5, 0.6) is 0 Å². The fourth-order valence-electron chi connectivity index (χ4n) is 6.84. The number of urea groups is 1. The smallest absolute Gasteiger partial charge is 0.315 e. The summed E-state index contributed by atoms with van der Waals surface area (Å²) in [6, 6.07) is 54.1. The molecule has 0 spiro atoms. The van der Waals surface area contributed by atoms with Crippen LogP contribution in [0.15, 0.2) is 173 Å². The Bertz CT molecular complexity index is 2300. The molecule has 0 saturated carbocycles. The molecule has 1 aliphatic heterocycles. The van der Waals surface area contributed by atoms with Gasteiger partial charge in [-0.3, -0.25) is 0 Å². The maximum Gasteiger partial charge on any atom is 0.315 e. The summed E-state index contributed by atoms with van der Waals surface area (Å²) >= 11 is 1.54. The summed E-state index contributed by atoms with van der Waals surface area (Å²) in [5, 5.41) is 16.1. The number of benzene rings is 6. The molecule has 2 heterocycles. The van der Waals surface area contributed by atoms with Gasteiger partial charge in [0.05, 0.1) is 18.8 Å². The number of rotatable bonds is 13. The van der Waals surface area contributed by atoms with Gasteiger partial charge in [-0.25, -0.2) is 9.78 Å². The Labute approximate surface area is 336 Å². The van der Waals surface area contributed by atoms with Crippen molar-refractivity contribution in [2.75, 3.05) is 5.75 Å². The number of amides is 2. The Hall–Kier alpha value is -5.97. The largest absolute Gasteiger partial charge is 0.431 e. The van der Waals surface area contributed by atoms with Crippen molar-refractivity contribution in [3.63, 3.8) is 0 Å². The molecule has 1 saturated heterocycles. The third-order valence-corrected chi connectivity index (χ3v) is 10.9. The highest BCUT2D eigenvalue weighted by Gasteiger charge is 2.33. The number of aliphatic hydroxyl groups excluding tert-OH is 1. The molecule has 3 N–H and O–H groups in total. The molecule has 1 fully saturated rings. The lowest BCUT2D eigenvalue weighted by molar-refractivity contribution is -0.245. The number of thioether (sulfide) groups is 1.